The zero-order valence-electron chi connectivity index (χ0n) is 13.2. The molecule has 3 rings (SSSR count). The zero-order chi connectivity index (χ0) is 17.8. The van der Waals surface area contributed by atoms with Crippen LogP contribution in [0.2, 0.25) is 10.0 Å². The third-order valence-corrected chi connectivity index (χ3v) is 4.89. The number of aromatic nitrogens is 3. The summed E-state index contributed by atoms with van der Waals surface area (Å²) in [7, 11) is 0. The molecular formula is C17H13Cl2FN4S. The Kier molecular flexibility index (Phi) is 5.73. The van der Waals surface area contributed by atoms with E-state index in [-0.39, 0.29) is 5.82 Å². The molecule has 0 aliphatic rings. The van der Waals surface area contributed by atoms with Crippen LogP contribution in [0, 0.1) is 12.7 Å². The molecule has 0 saturated carbocycles. The summed E-state index contributed by atoms with van der Waals surface area (Å²) in [6.45, 7) is 1.81. The van der Waals surface area contributed by atoms with Gasteiger partial charge in [-0.1, -0.05) is 53.2 Å². The van der Waals surface area contributed by atoms with E-state index in [1.165, 1.54) is 23.9 Å². The second kappa shape index (κ2) is 7.99. The van der Waals surface area contributed by atoms with Gasteiger partial charge in [-0.2, -0.15) is 9.78 Å². The smallest absolute Gasteiger partial charge is 0.207 e. The van der Waals surface area contributed by atoms with Crippen LogP contribution < -0.4 is 0 Å². The number of thioether (sulfide) groups is 1. The minimum atomic E-state index is -0.284. The van der Waals surface area contributed by atoms with Crippen molar-refractivity contribution in [2.45, 2.75) is 17.8 Å². The highest BCUT2D eigenvalue weighted by atomic mass is 35.5. The van der Waals surface area contributed by atoms with Gasteiger partial charge >= 0.3 is 0 Å². The van der Waals surface area contributed by atoms with E-state index in [1.807, 2.05) is 13.0 Å². The maximum atomic E-state index is 13.0. The van der Waals surface area contributed by atoms with Gasteiger partial charge in [-0.3, -0.25) is 0 Å². The normalized spacial score (nSPS) is 11.4. The average Bonchev–Trinajstić information content (AvgIpc) is 2.94. The van der Waals surface area contributed by atoms with Crippen molar-refractivity contribution in [2.24, 2.45) is 5.10 Å². The van der Waals surface area contributed by atoms with Gasteiger partial charge in [0.1, 0.15) is 5.82 Å². The van der Waals surface area contributed by atoms with Crippen LogP contribution in [0.1, 0.15) is 17.0 Å². The first-order valence-electron chi connectivity index (χ1n) is 7.31. The molecule has 0 atom stereocenters. The predicted molar refractivity (Wildman–Crippen MR) is 100 cm³/mol. The van der Waals surface area contributed by atoms with E-state index in [2.05, 4.69) is 15.3 Å². The highest BCUT2D eigenvalue weighted by Gasteiger charge is 2.10. The van der Waals surface area contributed by atoms with Crippen LogP contribution in [0.3, 0.4) is 0 Å². The second-order valence-electron chi connectivity index (χ2n) is 5.16. The third kappa shape index (κ3) is 4.60. The van der Waals surface area contributed by atoms with E-state index in [0.29, 0.717) is 26.8 Å². The topological polar surface area (TPSA) is 43.1 Å². The van der Waals surface area contributed by atoms with Gasteiger partial charge in [0.2, 0.25) is 5.16 Å². The van der Waals surface area contributed by atoms with E-state index >= 15 is 0 Å². The van der Waals surface area contributed by atoms with Gasteiger partial charge in [0.05, 0.1) is 6.21 Å². The second-order valence-corrected chi connectivity index (χ2v) is 6.95. The van der Waals surface area contributed by atoms with Crippen molar-refractivity contribution in [3.63, 3.8) is 0 Å². The first kappa shape index (κ1) is 17.9. The molecule has 4 nitrogen and oxygen atoms in total. The summed E-state index contributed by atoms with van der Waals surface area (Å²) < 4.78 is 14.6. The largest absolute Gasteiger partial charge is 0.212 e. The number of rotatable bonds is 5. The summed E-state index contributed by atoms with van der Waals surface area (Å²) in [5.41, 5.74) is 1.73. The minimum Gasteiger partial charge on any atom is -0.207 e. The standard InChI is InChI=1S/C17H13Cl2FN4S/c1-11-22-23-17(25-10-13-4-5-14(18)8-16(13)19)24(11)21-9-12-2-6-15(20)7-3-12/h2-9H,10H2,1H3/b21-9+. The number of benzene rings is 2. The molecule has 8 heteroatoms. The molecule has 0 unspecified atom stereocenters. The van der Waals surface area contributed by atoms with Gasteiger partial charge in [0, 0.05) is 15.8 Å². The lowest BCUT2D eigenvalue weighted by atomic mass is 10.2. The van der Waals surface area contributed by atoms with E-state index in [0.717, 1.165) is 11.1 Å². The molecule has 2 aromatic carbocycles. The van der Waals surface area contributed by atoms with Crippen LogP contribution >= 0.6 is 35.0 Å². The van der Waals surface area contributed by atoms with Gasteiger partial charge in [-0.25, -0.2) is 4.39 Å². The fourth-order valence-corrected chi connectivity index (χ4v) is 3.51. The molecule has 0 saturated heterocycles. The Morgan fingerprint density at radius 3 is 2.64 bits per heavy atom. The Morgan fingerprint density at radius 2 is 1.92 bits per heavy atom. The minimum absolute atomic E-state index is 0.284. The molecule has 1 heterocycles. The lowest BCUT2D eigenvalue weighted by Gasteiger charge is -2.05. The molecule has 0 spiro atoms. The molecule has 0 fully saturated rings. The lowest BCUT2D eigenvalue weighted by Crippen LogP contribution is -1.96. The first-order chi connectivity index (χ1) is 12.0. The van der Waals surface area contributed by atoms with Crippen molar-refractivity contribution in [3.8, 4) is 0 Å². The summed E-state index contributed by atoms with van der Waals surface area (Å²) in [6, 6.07) is 11.5. The maximum absolute atomic E-state index is 13.0. The van der Waals surface area contributed by atoms with Crippen LogP contribution in [0.25, 0.3) is 0 Å². The number of hydrogen-bond donors (Lipinski definition) is 0. The highest BCUT2D eigenvalue weighted by Crippen LogP contribution is 2.28. The van der Waals surface area contributed by atoms with Gasteiger partial charge in [-0.05, 0) is 42.3 Å². The average molecular weight is 395 g/mol. The number of nitrogens with zero attached hydrogens (tertiary/aromatic N) is 4. The molecule has 128 valence electrons. The Bertz CT molecular complexity index is 910. The Hall–Kier alpha value is -1.89. The van der Waals surface area contributed by atoms with Crippen LogP contribution in [-0.2, 0) is 5.75 Å². The van der Waals surface area contributed by atoms with Crippen LogP contribution in [0.5, 0.6) is 0 Å². The van der Waals surface area contributed by atoms with E-state index in [1.54, 1.807) is 35.2 Å². The fraction of sp³-hybridized carbons (Fsp3) is 0.118. The SMILES string of the molecule is Cc1nnc(SCc2ccc(Cl)cc2Cl)n1/N=C/c1ccc(F)cc1. The molecule has 0 amide bonds. The van der Waals surface area contributed by atoms with Gasteiger partial charge in [0.15, 0.2) is 5.82 Å². The molecular weight excluding hydrogens is 382 g/mol. The summed E-state index contributed by atoms with van der Waals surface area (Å²) in [4.78, 5) is 0. The molecule has 25 heavy (non-hydrogen) atoms. The maximum Gasteiger partial charge on any atom is 0.212 e. The molecule has 1 aromatic heterocycles. The van der Waals surface area contributed by atoms with Crippen LogP contribution in [0.15, 0.2) is 52.7 Å². The fourth-order valence-electron chi connectivity index (χ4n) is 2.02. The first-order valence-corrected chi connectivity index (χ1v) is 9.06. The predicted octanol–water partition coefficient (Wildman–Crippen LogP) is 5.21. The summed E-state index contributed by atoms with van der Waals surface area (Å²) in [6.07, 6.45) is 1.63. The number of aryl methyl sites for hydroxylation is 1. The van der Waals surface area contributed by atoms with E-state index in [4.69, 9.17) is 23.2 Å². The van der Waals surface area contributed by atoms with Crippen molar-refractivity contribution in [1.82, 2.24) is 14.9 Å². The molecule has 0 N–H and O–H groups in total. The molecule has 0 radical (unpaired) electrons. The molecule has 0 aliphatic carbocycles. The lowest BCUT2D eigenvalue weighted by molar-refractivity contribution is 0.628. The van der Waals surface area contributed by atoms with Crippen molar-refractivity contribution in [3.05, 3.63) is 75.3 Å². The number of hydrogen-bond acceptors (Lipinski definition) is 4. The Morgan fingerprint density at radius 1 is 1.16 bits per heavy atom. The molecule has 0 aliphatic heterocycles. The van der Waals surface area contributed by atoms with Crippen molar-refractivity contribution in [1.29, 1.82) is 0 Å². The Labute approximate surface area is 158 Å². The zero-order valence-corrected chi connectivity index (χ0v) is 15.5. The summed E-state index contributed by atoms with van der Waals surface area (Å²) in [5, 5.41) is 14.4. The van der Waals surface area contributed by atoms with Gasteiger partial charge < -0.3 is 0 Å². The van der Waals surface area contributed by atoms with Crippen molar-refractivity contribution in [2.75, 3.05) is 0 Å². The van der Waals surface area contributed by atoms with Crippen molar-refractivity contribution < 1.29 is 4.39 Å². The third-order valence-electron chi connectivity index (χ3n) is 3.33. The quantitative estimate of drug-likeness (QED) is 0.440. The molecule has 3 aromatic rings. The summed E-state index contributed by atoms with van der Waals surface area (Å²) >= 11 is 13.6. The highest BCUT2D eigenvalue weighted by molar-refractivity contribution is 7.98. The van der Waals surface area contributed by atoms with Gasteiger partial charge in [-0.15, -0.1) is 10.2 Å². The van der Waals surface area contributed by atoms with Gasteiger partial charge in [0.25, 0.3) is 0 Å². The monoisotopic (exact) mass is 394 g/mol. The van der Waals surface area contributed by atoms with Crippen LogP contribution in [-0.4, -0.2) is 21.1 Å². The summed E-state index contributed by atoms with van der Waals surface area (Å²) in [5.74, 6) is 0.983. The van der Waals surface area contributed by atoms with E-state index in [9.17, 15) is 4.39 Å². The molecule has 0 bridgehead atoms. The van der Waals surface area contributed by atoms with Crippen molar-refractivity contribution >= 4 is 41.2 Å². The number of halogens is 3. The Balaban J connectivity index is 1.76. The van der Waals surface area contributed by atoms with E-state index < -0.39 is 0 Å². The van der Waals surface area contributed by atoms with Crippen LogP contribution in [0.4, 0.5) is 4.39 Å².